The molecule has 20 heavy (non-hydrogen) atoms. The van der Waals surface area contributed by atoms with Gasteiger partial charge in [0.15, 0.2) is 0 Å². The van der Waals surface area contributed by atoms with Gasteiger partial charge in [-0.25, -0.2) is 0 Å². The maximum Gasteiger partial charge on any atom is 0.306 e. The Morgan fingerprint density at radius 3 is 1.65 bits per heavy atom. The Kier molecular flexibility index (Phi) is 13.1. The molecule has 0 saturated carbocycles. The molecule has 2 heteroatoms. The average molecular weight is 284 g/mol. The van der Waals surface area contributed by atoms with Gasteiger partial charge in [-0.3, -0.25) is 4.79 Å². The van der Waals surface area contributed by atoms with Crippen molar-refractivity contribution < 1.29 is 9.90 Å². The van der Waals surface area contributed by atoms with Crippen LogP contribution in [-0.2, 0) is 4.79 Å². The van der Waals surface area contributed by atoms with Crippen LogP contribution in [0.2, 0.25) is 0 Å². The first-order valence-electron chi connectivity index (χ1n) is 8.80. The Balaban J connectivity index is 3.29. The van der Waals surface area contributed by atoms with Gasteiger partial charge in [0.2, 0.25) is 0 Å². The average Bonchev–Trinajstić information content (AvgIpc) is 2.39. The zero-order chi connectivity index (χ0) is 15.2. The molecule has 0 fully saturated rings. The van der Waals surface area contributed by atoms with Crippen molar-refractivity contribution in [2.45, 2.75) is 97.8 Å². The summed E-state index contributed by atoms with van der Waals surface area (Å²) < 4.78 is 0. The lowest BCUT2D eigenvalue weighted by Gasteiger charge is -2.10. The first kappa shape index (κ1) is 19.5. The number of hydrogen-bond acceptors (Lipinski definition) is 1. The van der Waals surface area contributed by atoms with E-state index in [1.54, 1.807) is 0 Å². The van der Waals surface area contributed by atoms with Gasteiger partial charge in [0, 0.05) is 0 Å². The highest BCUT2D eigenvalue weighted by Crippen LogP contribution is 2.17. The SMILES string of the molecule is CCCC(CCCCCCCCCCC(C)C)C(=O)O. The molecule has 120 valence electrons. The number of carboxylic acids is 1. The molecule has 0 rings (SSSR count). The number of aliphatic carboxylic acids is 1. The summed E-state index contributed by atoms with van der Waals surface area (Å²) in [5.74, 6) is 0.147. The van der Waals surface area contributed by atoms with E-state index < -0.39 is 5.97 Å². The van der Waals surface area contributed by atoms with Crippen molar-refractivity contribution in [3.63, 3.8) is 0 Å². The third-order valence-corrected chi connectivity index (χ3v) is 4.07. The molecule has 0 bridgehead atoms. The summed E-state index contributed by atoms with van der Waals surface area (Å²) in [4.78, 5) is 11.0. The van der Waals surface area contributed by atoms with E-state index in [0.29, 0.717) is 0 Å². The van der Waals surface area contributed by atoms with Crippen LogP contribution >= 0.6 is 0 Å². The lowest BCUT2D eigenvalue weighted by Crippen LogP contribution is -2.13. The predicted molar refractivity (Wildman–Crippen MR) is 87.0 cm³/mol. The van der Waals surface area contributed by atoms with Crippen LogP contribution in [-0.4, -0.2) is 11.1 Å². The summed E-state index contributed by atoms with van der Waals surface area (Å²) in [5, 5.41) is 9.07. The van der Waals surface area contributed by atoms with Crippen LogP contribution in [0.25, 0.3) is 0 Å². The Labute approximate surface area is 126 Å². The lowest BCUT2D eigenvalue weighted by atomic mass is 9.96. The van der Waals surface area contributed by atoms with Gasteiger partial charge in [0.1, 0.15) is 0 Å². The highest BCUT2D eigenvalue weighted by atomic mass is 16.4. The van der Waals surface area contributed by atoms with Crippen molar-refractivity contribution >= 4 is 5.97 Å². The molecule has 0 radical (unpaired) electrons. The van der Waals surface area contributed by atoms with Crippen LogP contribution in [0.1, 0.15) is 97.8 Å². The molecule has 0 aromatic rings. The second-order valence-corrected chi connectivity index (χ2v) is 6.62. The molecule has 1 unspecified atom stereocenters. The van der Waals surface area contributed by atoms with Crippen molar-refractivity contribution in [3.05, 3.63) is 0 Å². The molecule has 0 aromatic carbocycles. The number of carboxylic acid groups (broad SMARTS) is 1. The van der Waals surface area contributed by atoms with Crippen molar-refractivity contribution in [2.75, 3.05) is 0 Å². The molecule has 0 heterocycles. The van der Waals surface area contributed by atoms with Crippen LogP contribution < -0.4 is 0 Å². The minimum atomic E-state index is -0.600. The highest BCUT2D eigenvalue weighted by Gasteiger charge is 2.15. The third kappa shape index (κ3) is 12.5. The highest BCUT2D eigenvalue weighted by molar-refractivity contribution is 5.69. The monoisotopic (exact) mass is 284 g/mol. The van der Waals surface area contributed by atoms with Crippen LogP contribution in [0.3, 0.4) is 0 Å². The van der Waals surface area contributed by atoms with Crippen molar-refractivity contribution in [1.82, 2.24) is 0 Å². The summed E-state index contributed by atoms with van der Waals surface area (Å²) in [6.45, 7) is 6.65. The molecule has 1 N–H and O–H groups in total. The fraction of sp³-hybridized carbons (Fsp3) is 0.944. The standard InChI is InChI=1S/C18H36O2/c1-4-13-17(18(19)20)15-12-10-8-6-5-7-9-11-14-16(2)3/h16-17H,4-15H2,1-3H3,(H,19,20). The van der Waals surface area contributed by atoms with Crippen LogP contribution in [0, 0.1) is 11.8 Å². The lowest BCUT2D eigenvalue weighted by molar-refractivity contribution is -0.142. The molecule has 0 aliphatic rings. The van der Waals surface area contributed by atoms with Gasteiger partial charge in [-0.1, -0.05) is 85.0 Å². The van der Waals surface area contributed by atoms with Crippen LogP contribution in [0.4, 0.5) is 0 Å². The number of unbranched alkanes of at least 4 members (excludes halogenated alkanes) is 7. The number of hydrogen-bond donors (Lipinski definition) is 1. The normalized spacial score (nSPS) is 12.8. The molecule has 2 nitrogen and oxygen atoms in total. The topological polar surface area (TPSA) is 37.3 Å². The van der Waals surface area contributed by atoms with Crippen molar-refractivity contribution in [3.8, 4) is 0 Å². The van der Waals surface area contributed by atoms with Gasteiger partial charge in [-0.2, -0.15) is 0 Å². The Morgan fingerprint density at radius 1 is 0.800 bits per heavy atom. The number of rotatable bonds is 14. The quantitative estimate of drug-likeness (QED) is 0.394. The van der Waals surface area contributed by atoms with E-state index in [-0.39, 0.29) is 5.92 Å². The van der Waals surface area contributed by atoms with E-state index in [9.17, 15) is 4.79 Å². The molecule has 0 aliphatic carbocycles. The Morgan fingerprint density at radius 2 is 1.25 bits per heavy atom. The van der Waals surface area contributed by atoms with Crippen molar-refractivity contribution in [1.29, 1.82) is 0 Å². The van der Waals surface area contributed by atoms with Gasteiger partial charge in [0.05, 0.1) is 5.92 Å². The van der Waals surface area contributed by atoms with E-state index in [1.165, 1.54) is 51.4 Å². The van der Waals surface area contributed by atoms with E-state index in [0.717, 1.165) is 31.6 Å². The van der Waals surface area contributed by atoms with Crippen LogP contribution in [0.15, 0.2) is 0 Å². The molecule has 0 aliphatic heterocycles. The number of carbonyl (C=O) groups is 1. The molecule has 0 amide bonds. The summed E-state index contributed by atoms with van der Waals surface area (Å²) >= 11 is 0. The second-order valence-electron chi connectivity index (χ2n) is 6.62. The molecule has 0 aromatic heterocycles. The second kappa shape index (κ2) is 13.5. The molecular formula is C18H36O2. The Bertz CT molecular complexity index is 223. The third-order valence-electron chi connectivity index (χ3n) is 4.07. The smallest absolute Gasteiger partial charge is 0.306 e. The summed E-state index contributed by atoms with van der Waals surface area (Å²) in [5.41, 5.74) is 0. The predicted octanol–water partition coefficient (Wildman–Crippen LogP) is 6.04. The first-order valence-corrected chi connectivity index (χ1v) is 8.80. The largest absolute Gasteiger partial charge is 0.481 e. The van der Waals surface area contributed by atoms with Gasteiger partial charge in [-0.15, -0.1) is 0 Å². The zero-order valence-electron chi connectivity index (χ0n) is 14.0. The minimum absolute atomic E-state index is 0.101. The zero-order valence-corrected chi connectivity index (χ0v) is 14.0. The molecule has 0 spiro atoms. The van der Waals surface area contributed by atoms with Gasteiger partial charge in [-0.05, 0) is 18.8 Å². The van der Waals surface area contributed by atoms with Gasteiger partial charge >= 0.3 is 5.97 Å². The fourth-order valence-electron chi connectivity index (χ4n) is 2.74. The Hall–Kier alpha value is -0.530. The van der Waals surface area contributed by atoms with Gasteiger partial charge < -0.3 is 5.11 Å². The van der Waals surface area contributed by atoms with E-state index in [4.69, 9.17) is 5.11 Å². The first-order chi connectivity index (χ1) is 9.57. The summed E-state index contributed by atoms with van der Waals surface area (Å²) in [6.07, 6.45) is 14.5. The van der Waals surface area contributed by atoms with Crippen LogP contribution in [0.5, 0.6) is 0 Å². The van der Waals surface area contributed by atoms with E-state index in [2.05, 4.69) is 20.8 Å². The maximum atomic E-state index is 11.0. The maximum absolute atomic E-state index is 11.0. The van der Waals surface area contributed by atoms with Gasteiger partial charge in [0.25, 0.3) is 0 Å². The fourth-order valence-corrected chi connectivity index (χ4v) is 2.74. The molecule has 0 saturated heterocycles. The van der Waals surface area contributed by atoms with E-state index >= 15 is 0 Å². The molecular weight excluding hydrogens is 248 g/mol. The summed E-state index contributed by atoms with van der Waals surface area (Å²) in [6, 6.07) is 0. The minimum Gasteiger partial charge on any atom is -0.481 e. The van der Waals surface area contributed by atoms with E-state index in [1.807, 2.05) is 0 Å². The molecule has 1 atom stereocenters. The summed E-state index contributed by atoms with van der Waals surface area (Å²) in [7, 11) is 0. The van der Waals surface area contributed by atoms with Crippen molar-refractivity contribution in [2.24, 2.45) is 11.8 Å².